The fourth-order valence-corrected chi connectivity index (χ4v) is 1.38. The van der Waals surface area contributed by atoms with E-state index in [0.29, 0.717) is 5.56 Å². The van der Waals surface area contributed by atoms with Gasteiger partial charge in [0, 0.05) is 5.56 Å². The molecular formula is C12H15N3O. The number of aryl methyl sites for hydroxylation is 1. The molecule has 2 N–H and O–H groups in total. The number of hydrogen-bond acceptors (Lipinski definition) is 3. The first kappa shape index (κ1) is 12.2. The molecule has 4 heteroatoms. The first-order valence-electron chi connectivity index (χ1n) is 5.08. The van der Waals surface area contributed by atoms with Crippen molar-refractivity contribution in [1.82, 2.24) is 5.01 Å². The highest BCUT2D eigenvalue weighted by Crippen LogP contribution is 2.11. The minimum absolute atomic E-state index is 0.230. The van der Waals surface area contributed by atoms with E-state index >= 15 is 0 Å². The number of nitrogens with zero attached hydrogens (tertiary/aromatic N) is 2. The van der Waals surface area contributed by atoms with Crippen molar-refractivity contribution in [2.75, 3.05) is 0 Å². The van der Waals surface area contributed by atoms with E-state index in [9.17, 15) is 4.79 Å². The Kier molecular flexibility index (Phi) is 4.03. The maximum Gasteiger partial charge on any atom is 0.268 e. The summed E-state index contributed by atoms with van der Waals surface area (Å²) in [5.74, 6) is 5.43. The third kappa shape index (κ3) is 2.59. The molecule has 84 valence electrons. The van der Waals surface area contributed by atoms with E-state index in [1.165, 1.54) is 0 Å². The number of amides is 1. The molecule has 0 saturated carbocycles. The molecule has 0 spiro atoms. The maximum atomic E-state index is 12.0. The Morgan fingerprint density at radius 2 is 2.19 bits per heavy atom. The van der Waals surface area contributed by atoms with E-state index in [4.69, 9.17) is 11.1 Å². The van der Waals surface area contributed by atoms with Gasteiger partial charge < -0.3 is 0 Å². The topological polar surface area (TPSA) is 70.1 Å². The van der Waals surface area contributed by atoms with E-state index < -0.39 is 0 Å². The van der Waals surface area contributed by atoms with Crippen LogP contribution in [-0.4, -0.2) is 17.0 Å². The summed E-state index contributed by atoms with van der Waals surface area (Å²) < 4.78 is 0. The van der Waals surface area contributed by atoms with Crippen LogP contribution in [0.25, 0.3) is 0 Å². The van der Waals surface area contributed by atoms with Crippen molar-refractivity contribution in [1.29, 1.82) is 5.26 Å². The molecule has 4 nitrogen and oxygen atoms in total. The zero-order valence-electron chi connectivity index (χ0n) is 9.47. The Hall–Kier alpha value is -1.86. The van der Waals surface area contributed by atoms with Crippen LogP contribution in [0.2, 0.25) is 0 Å². The van der Waals surface area contributed by atoms with Gasteiger partial charge in [0.1, 0.15) is 0 Å². The van der Waals surface area contributed by atoms with Crippen molar-refractivity contribution >= 4 is 5.91 Å². The lowest BCUT2D eigenvalue weighted by molar-refractivity contribution is 0.0694. The Morgan fingerprint density at radius 1 is 1.56 bits per heavy atom. The summed E-state index contributed by atoms with van der Waals surface area (Å²) >= 11 is 0. The normalized spacial score (nSPS) is 11.6. The molecule has 0 saturated heterocycles. The molecule has 1 aromatic carbocycles. The van der Waals surface area contributed by atoms with Gasteiger partial charge in [-0.3, -0.25) is 9.80 Å². The molecule has 0 aliphatic heterocycles. The smallest absolute Gasteiger partial charge is 0.268 e. The third-order valence-electron chi connectivity index (χ3n) is 2.47. The molecule has 1 unspecified atom stereocenters. The predicted octanol–water partition coefficient (Wildman–Crippen LogP) is 1.61. The van der Waals surface area contributed by atoms with Gasteiger partial charge in [-0.1, -0.05) is 18.2 Å². The van der Waals surface area contributed by atoms with Crippen molar-refractivity contribution in [3.05, 3.63) is 35.4 Å². The Balaban J connectivity index is 2.87. The van der Waals surface area contributed by atoms with Gasteiger partial charge in [-0.15, -0.1) is 0 Å². The van der Waals surface area contributed by atoms with Crippen LogP contribution in [0.4, 0.5) is 0 Å². The van der Waals surface area contributed by atoms with Crippen molar-refractivity contribution in [2.24, 2.45) is 5.84 Å². The van der Waals surface area contributed by atoms with Crippen LogP contribution in [0.1, 0.15) is 29.3 Å². The second-order valence-electron chi connectivity index (χ2n) is 3.74. The third-order valence-corrected chi connectivity index (χ3v) is 2.47. The second kappa shape index (κ2) is 5.29. The van der Waals surface area contributed by atoms with E-state index in [0.717, 1.165) is 10.6 Å². The fraction of sp³-hybridized carbons (Fsp3) is 0.333. The molecule has 1 amide bonds. The fourth-order valence-electron chi connectivity index (χ4n) is 1.38. The molecule has 0 fully saturated rings. The zero-order chi connectivity index (χ0) is 12.1. The number of benzene rings is 1. The van der Waals surface area contributed by atoms with E-state index in [-0.39, 0.29) is 18.4 Å². The Labute approximate surface area is 95.2 Å². The molecule has 0 aliphatic carbocycles. The lowest BCUT2D eigenvalue weighted by Crippen LogP contribution is -2.44. The lowest BCUT2D eigenvalue weighted by atomic mass is 10.1. The molecule has 0 heterocycles. The lowest BCUT2D eigenvalue weighted by Gasteiger charge is -2.22. The van der Waals surface area contributed by atoms with E-state index in [1.807, 2.05) is 25.1 Å². The largest absolute Gasteiger partial charge is 0.273 e. The van der Waals surface area contributed by atoms with Gasteiger partial charge in [-0.05, 0) is 25.5 Å². The van der Waals surface area contributed by atoms with Gasteiger partial charge in [0.25, 0.3) is 5.91 Å². The van der Waals surface area contributed by atoms with Crippen LogP contribution in [0.15, 0.2) is 24.3 Å². The molecule has 1 rings (SSSR count). The van der Waals surface area contributed by atoms with Gasteiger partial charge >= 0.3 is 0 Å². The molecule has 0 aliphatic rings. The number of hydrogen-bond donors (Lipinski definition) is 1. The number of hydrazine groups is 1. The average Bonchev–Trinajstić information content (AvgIpc) is 2.28. The van der Waals surface area contributed by atoms with Gasteiger partial charge in [-0.2, -0.15) is 5.26 Å². The molecule has 16 heavy (non-hydrogen) atoms. The summed E-state index contributed by atoms with van der Waals surface area (Å²) in [6.45, 7) is 3.61. The number of nitriles is 1. The van der Waals surface area contributed by atoms with Crippen LogP contribution in [0.5, 0.6) is 0 Å². The number of nitrogens with two attached hydrogens (primary N) is 1. The number of carbonyl (C=O) groups is 1. The second-order valence-corrected chi connectivity index (χ2v) is 3.74. The molecule has 0 radical (unpaired) electrons. The highest BCUT2D eigenvalue weighted by Gasteiger charge is 2.19. The Bertz CT molecular complexity index is 423. The van der Waals surface area contributed by atoms with Crippen LogP contribution >= 0.6 is 0 Å². The first-order valence-corrected chi connectivity index (χ1v) is 5.08. The average molecular weight is 217 g/mol. The van der Waals surface area contributed by atoms with Crippen LogP contribution in [0, 0.1) is 18.3 Å². The minimum Gasteiger partial charge on any atom is -0.273 e. The molecule has 0 aromatic heterocycles. The van der Waals surface area contributed by atoms with Crippen molar-refractivity contribution in [3.8, 4) is 6.07 Å². The monoisotopic (exact) mass is 217 g/mol. The van der Waals surface area contributed by atoms with Gasteiger partial charge in [0.05, 0.1) is 18.5 Å². The maximum absolute atomic E-state index is 12.0. The number of rotatable bonds is 3. The standard InChI is InChI=1S/C12H15N3O/c1-9-5-3-4-6-11(9)12(16)15(14)10(2)7-8-13/h3-6,10H,7,14H2,1-2H3. The van der Waals surface area contributed by atoms with Gasteiger partial charge in [0.2, 0.25) is 0 Å². The van der Waals surface area contributed by atoms with E-state index in [1.54, 1.807) is 19.1 Å². The predicted molar refractivity (Wildman–Crippen MR) is 61.2 cm³/mol. The highest BCUT2D eigenvalue weighted by atomic mass is 16.2. The van der Waals surface area contributed by atoms with Crippen LogP contribution in [-0.2, 0) is 0 Å². The summed E-state index contributed by atoms with van der Waals surface area (Å²) in [7, 11) is 0. The number of carbonyl (C=O) groups excluding carboxylic acids is 1. The van der Waals surface area contributed by atoms with Crippen molar-refractivity contribution in [2.45, 2.75) is 26.3 Å². The summed E-state index contributed by atoms with van der Waals surface area (Å²) in [6.07, 6.45) is 0.230. The minimum atomic E-state index is -0.280. The quantitative estimate of drug-likeness (QED) is 0.475. The van der Waals surface area contributed by atoms with Crippen molar-refractivity contribution in [3.63, 3.8) is 0 Å². The van der Waals surface area contributed by atoms with Gasteiger partial charge in [0.15, 0.2) is 0 Å². The van der Waals surface area contributed by atoms with Gasteiger partial charge in [-0.25, -0.2) is 5.84 Å². The molecule has 1 atom stereocenters. The molecule has 0 bridgehead atoms. The molecular weight excluding hydrogens is 202 g/mol. The summed E-state index contributed by atoms with van der Waals surface area (Å²) in [6, 6.07) is 8.97. The van der Waals surface area contributed by atoms with E-state index in [2.05, 4.69) is 0 Å². The van der Waals surface area contributed by atoms with Crippen molar-refractivity contribution < 1.29 is 4.79 Å². The van der Waals surface area contributed by atoms with Crippen LogP contribution in [0.3, 0.4) is 0 Å². The molecule has 1 aromatic rings. The Morgan fingerprint density at radius 3 is 2.75 bits per heavy atom. The zero-order valence-corrected chi connectivity index (χ0v) is 9.47. The summed E-state index contributed by atoms with van der Waals surface area (Å²) in [4.78, 5) is 12.0. The highest BCUT2D eigenvalue weighted by molar-refractivity contribution is 5.95. The SMILES string of the molecule is Cc1ccccc1C(=O)N(N)C(C)CC#N. The first-order chi connectivity index (χ1) is 7.57. The summed E-state index contributed by atoms with van der Waals surface area (Å²) in [5, 5.41) is 9.67. The van der Waals surface area contributed by atoms with Crippen LogP contribution < -0.4 is 5.84 Å². The summed E-state index contributed by atoms with van der Waals surface area (Å²) in [5.41, 5.74) is 1.46.